The topological polar surface area (TPSA) is 60.2 Å². The maximum atomic E-state index is 11.3. The van der Waals surface area contributed by atoms with Crippen LogP contribution in [0.25, 0.3) is 0 Å². The molecule has 4 heteroatoms. The standard InChI is InChI=1S/C17H25NO3/c1-3-4-5-6-7-8-9-15-10-12-16(13-11-15)17(14(2)19)18(20)21/h10-13,17H,3-9H2,1-2H3. The molecule has 0 N–H and O–H groups in total. The average molecular weight is 291 g/mol. The van der Waals surface area contributed by atoms with Gasteiger partial charge in [-0.3, -0.25) is 14.9 Å². The zero-order chi connectivity index (χ0) is 15.7. The molecule has 0 heterocycles. The number of rotatable bonds is 10. The minimum atomic E-state index is -1.23. The van der Waals surface area contributed by atoms with Crippen molar-refractivity contribution in [1.82, 2.24) is 0 Å². The number of aryl methyl sites for hydroxylation is 1. The van der Waals surface area contributed by atoms with Gasteiger partial charge in [-0.15, -0.1) is 0 Å². The minimum Gasteiger partial charge on any atom is -0.292 e. The lowest BCUT2D eigenvalue weighted by Crippen LogP contribution is -2.18. The fourth-order valence-corrected chi connectivity index (χ4v) is 2.48. The van der Waals surface area contributed by atoms with Gasteiger partial charge in [0.2, 0.25) is 5.78 Å². The van der Waals surface area contributed by atoms with Crippen LogP contribution in [0.4, 0.5) is 0 Å². The Labute approximate surface area is 126 Å². The predicted molar refractivity (Wildman–Crippen MR) is 83.9 cm³/mol. The highest BCUT2D eigenvalue weighted by Crippen LogP contribution is 2.19. The molecule has 1 aromatic carbocycles. The summed E-state index contributed by atoms with van der Waals surface area (Å²) in [7, 11) is 0. The van der Waals surface area contributed by atoms with Crippen LogP contribution < -0.4 is 0 Å². The van der Waals surface area contributed by atoms with Gasteiger partial charge in [0, 0.05) is 17.4 Å². The Hall–Kier alpha value is -1.71. The van der Waals surface area contributed by atoms with Crippen molar-refractivity contribution < 1.29 is 9.72 Å². The summed E-state index contributed by atoms with van der Waals surface area (Å²) in [6.07, 6.45) is 8.52. The molecule has 1 unspecified atom stereocenters. The number of nitro groups is 1. The molecule has 0 aliphatic carbocycles. The number of Topliss-reactive ketones (excluding diaryl/α,β-unsaturated/α-hetero) is 1. The zero-order valence-electron chi connectivity index (χ0n) is 13.0. The van der Waals surface area contributed by atoms with Gasteiger partial charge < -0.3 is 0 Å². The highest BCUT2D eigenvalue weighted by Gasteiger charge is 2.27. The lowest BCUT2D eigenvalue weighted by molar-refractivity contribution is -0.513. The fraction of sp³-hybridized carbons (Fsp3) is 0.588. The summed E-state index contributed by atoms with van der Waals surface area (Å²) in [4.78, 5) is 21.7. The molecule has 0 fully saturated rings. The van der Waals surface area contributed by atoms with E-state index < -0.39 is 16.7 Å². The van der Waals surface area contributed by atoms with Crippen LogP contribution in [0.2, 0.25) is 0 Å². The second kappa shape index (κ2) is 9.27. The van der Waals surface area contributed by atoms with Gasteiger partial charge in [-0.25, -0.2) is 0 Å². The predicted octanol–water partition coefficient (Wildman–Crippen LogP) is 4.50. The first kappa shape index (κ1) is 17.3. The Morgan fingerprint density at radius 2 is 1.67 bits per heavy atom. The SMILES string of the molecule is CCCCCCCCc1ccc(C(C(C)=O)[N+](=O)[O-])cc1. The van der Waals surface area contributed by atoms with Crippen molar-refractivity contribution in [1.29, 1.82) is 0 Å². The van der Waals surface area contributed by atoms with Crippen LogP contribution in [0.3, 0.4) is 0 Å². The number of hydrogen-bond donors (Lipinski definition) is 0. The third-order valence-corrected chi connectivity index (χ3v) is 3.71. The summed E-state index contributed by atoms with van der Waals surface area (Å²) in [5.41, 5.74) is 1.65. The summed E-state index contributed by atoms with van der Waals surface area (Å²) >= 11 is 0. The smallest absolute Gasteiger partial charge is 0.292 e. The van der Waals surface area contributed by atoms with Crippen LogP contribution in [0, 0.1) is 10.1 Å². The third kappa shape index (κ3) is 6.06. The van der Waals surface area contributed by atoms with E-state index in [9.17, 15) is 14.9 Å². The number of hydrogen-bond acceptors (Lipinski definition) is 3. The molecule has 1 rings (SSSR count). The average Bonchev–Trinajstić information content (AvgIpc) is 2.43. The Morgan fingerprint density at radius 1 is 1.10 bits per heavy atom. The molecule has 0 radical (unpaired) electrons. The van der Waals surface area contributed by atoms with E-state index in [2.05, 4.69) is 6.92 Å². The monoisotopic (exact) mass is 291 g/mol. The summed E-state index contributed by atoms with van der Waals surface area (Å²) in [6, 6.07) is 6.00. The summed E-state index contributed by atoms with van der Waals surface area (Å²) in [6.45, 7) is 3.47. The number of nitrogens with zero attached hydrogens (tertiary/aromatic N) is 1. The van der Waals surface area contributed by atoms with Crippen molar-refractivity contribution in [3.05, 3.63) is 45.5 Å². The highest BCUT2D eigenvalue weighted by atomic mass is 16.6. The maximum Gasteiger partial charge on any atom is 0.295 e. The fourth-order valence-electron chi connectivity index (χ4n) is 2.48. The summed E-state index contributed by atoms with van der Waals surface area (Å²) < 4.78 is 0. The van der Waals surface area contributed by atoms with Crippen LogP contribution in [-0.4, -0.2) is 10.7 Å². The van der Waals surface area contributed by atoms with Crippen molar-refractivity contribution in [2.24, 2.45) is 0 Å². The van der Waals surface area contributed by atoms with E-state index in [0.717, 1.165) is 12.8 Å². The Morgan fingerprint density at radius 3 is 2.19 bits per heavy atom. The molecule has 1 aromatic rings. The van der Waals surface area contributed by atoms with E-state index in [4.69, 9.17) is 0 Å². The summed E-state index contributed by atoms with van der Waals surface area (Å²) in [5.74, 6) is -0.427. The number of carbonyl (C=O) groups excluding carboxylic acids is 1. The van der Waals surface area contributed by atoms with Gasteiger partial charge in [0.05, 0.1) is 0 Å². The van der Waals surface area contributed by atoms with Crippen molar-refractivity contribution in [3.8, 4) is 0 Å². The molecular formula is C17H25NO3. The molecule has 0 aromatic heterocycles. The lowest BCUT2D eigenvalue weighted by Gasteiger charge is -2.07. The Bertz CT molecular complexity index is 440. The lowest BCUT2D eigenvalue weighted by atomic mass is 10.00. The van der Waals surface area contributed by atoms with Crippen LogP contribution >= 0.6 is 0 Å². The van der Waals surface area contributed by atoms with Gasteiger partial charge in [0.1, 0.15) is 0 Å². The molecule has 0 aliphatic heterocycles. The Kier molecular flexibility index (Phi) is 7.65. The molecule has 0 saturated carbocycles. The van der Waals surface area contributed by atoms with Crippen LogP contribution in [0.15, 0.2) is 24.3 Å². The molecule has 0 spiro atoms. The van der Waals surface area contributed by atoms with Crippen molar-refractivity contribution in [2.45, 2.75) is 64.8 Å². The molecule has 0 bridgehead atoms. The number of unbranched alkanes of at least 4 members (excludes halogenated alkanes) is 5. The van der Waals surface area contributed by atoms with Gasteiger partial charge in [-0.05, 0) is 18.4 Å². The summed E-state index contributed by atoms with van der Waals surface area (Å²) in [5, 5.41) is 10.9. The first-order chi connectivity index (χ1) is 10.1. The zero-order valence-corrected chi connectivity index (χ0v) is 13.0. The first-order valence-corrected chi connectivity index (χ1v) is 7.79. The van der Waals surface area contributed by atoms with E-state index >= 15 is 0 Å². The first-order valence-electron chi connectivity index (χ1n) is 7.79. The quantitative estimate of drug-likeness (QED) is 0.362. The molecule has 0 saturated heterocycles. The minimum absolute atomic E-state index is 0.427. The number of ketones is 1. The molecule has 21 heavy (non-hydrogen) atoms. The van der Waals surface area contributed by atoms with Crippen LogP contribution in [-0.2, 0) is 11.2 Å². The van der Waals surface area contributed by atoms with Crippen molar-refractivity contribution >= 4 is 5.78 Å². The van der Waals surface area contributed by atoms with E-state index in [0.29, 0.717) is 5.56 Å². The second-order valence-corrected chi connectivity index (χ2v) is 5.56. The molecule has 0 amide bonds. The highest BCUT2D eigenvalue weighted by molar-refractivity contribution is 5.81. The molecular weight excluding hydrogens is 266 g/mol. The number of benzene rings is 1. The normalized spacial score (nSPS) is 12.1. The number of carbonyl (C=O) groups is 1. The van der Waals surface area contributed by atoms with Gasteiger partial charge in [-0.2, -0.15) is 0 Å². The molecule has 1 atom stereocenters. The van der Waals surface area contributed by atoms with Gasteiger partial charge in [0.15, 0.2) is 0 Å². The Balaban J connectivity index is 2.46. The van der Waals surface area contributed by atoms with Gasteiger partial charge in [0.25, 0.3) is 6.04 Å². The maximum absolute atomic E-state index is 11.3. The van der Waals surface area contributed by atoms with Gasteiger partial charge in [-0.1, -0.05) is 63.3 Å². The largest absolute Gasteiger partial charge is 0.295 e. The van der Waals surface area contributed by atoms with E-state index in [-0.39, 0.29) is 0 Å². The molecule has 0 aliphatic rings. The van der Waals surface area contributed by atoms with E-state index in [1.807, 2.05) is 12.1 Å². The van der Waals surface area contributed by atoms with Crippen LogP contribution in [0.5, 0.6) is 0 Å². The van der Waals surface area contributed by atoms with Crippen molar-refractivity contribution in [2.75, 3.05) is 0 Å². The molecule has 116 valence electrons. The van der Waals surface area contributed by atoms with Crippen LogP contribution in [0.1, 0.15) is 69.5 Å². The third-order valence-electron chi connectivity index (χ3n) is 3.71. The van der Waals surface area contributed by atoms with E-state index in [1.54, 1.807) is 12.1 Å². The van der Waals surface area contributed by atoms with Crippen molar-refractivity contribution in [3.63, 3.8) is 0 Å². The second-order valence-electron chi connectivity index (χ2n) is 5.56. The van der Waals surface area contributed by atoms with E-state index in [1.165, 1.54) is 44.6 Å². The molecule has 4 nitrogen and oxygen atoms in total. The van der Waals surface area contributed by atoms with Gasteiger partial charge >= 0.3 is 0 Å².